The molecule has 16 heavy (non-hydrogen) atoms. The van der Waals surface area contributed by atoms with Crippen molar-refractivity contribution in [1.82, 2.24) is 0 Å². The minimum absolute atomic E-state index is 0.409. The lowest BCUT2D eigenvalue weighted by Gasteiger charge is -2.11. The largest absolute Gasteiger partial charge is 0.493 e. The Morgan fingerprint density at radius 1 is 1.31 bits per heavy atom. The fraction of sp³-hybridized carbons (Fsp3) is 0.455. The maximum atomic E-state index is 9.06. The highest BCUT2D eigenvalue weighted by molar-refractivity contribution is 6.58. The van der Waals surface area contributed by atoms with Crippen LogP contribution in [0.3, 0.4) is 0 Å². The first kappa shape index (κ1) is 11.3. The molecule has 1 aliphatic rings. The lowest BCUT2D eigenvalue weighted by atomic mass is 9.80. The Bertz CT molecular complexity index is 363. The van der Waals surface area contributed by atoms with Gasteiger partial charge in [0.25, 0.3) is 0 Å². The number of rotatable bonds is 5. The molecule has 0 bridgehead atoms. The van der Waals surface area contributed by atoms with Crippen molar-refractivity contribution in [3.05, 3.63) is 18.2 Å². The van der Waals surface area contributed by atoms with Crippen molar-refractivity contribution in [2.75, 3.05) is 13.7 Å². The minimum atomic E-state index is -1.48. The van der Waals surface area contributed by atoms with Crippen molar-refractivity contribution in [3.63, 3.8) is 0 Å². The van der Waals surface area contributed by atoms with E-state index in [0.717, 1.165) is 0 Å². The highest BCUT2D eigenvalue weighted by atomic mass is 16.5. The highest BCUT2D eigenvalue weighted by Crippen LogP contribution is 2.32. The summed E-state index contributed by atoms with van der Waals surface area (Å²) in [7, 11) is 0.0862. The average Bonchev–Trinajstić information content (AvgIpc) is 3.09. The first-order valence-corrected chi connectivity index (χ1v) is 5.37. The summed E-state index contributed by atoms with van der Waals surface area (Å²) in [5.74, 6) is 1.83. The van der Waals surface area contributed by atoms with Gasteiger partial charge in [0, 0.05) is 0 Å². The second-order valence-electron chi connectivity index (χ2n) is 4.04. The molecule has 0 unspecified atom stereocenters. The Hall–Kier alpha value is -1.20. The molecule has 1 aromatic rings. The van der Waals surface area contributed by atoms with Crippen molar-refractivity contribution in [3.8, 4) is 11.5 Å². The van der Waals surface area contributed by atoms with Crippen LogP contribution in [0.15, 0.2) is 18.2 Å². The van der Waals surface area contributed by atoms with E-state index in [1.54, 1.807) is 25.3 Å². The molecule has 1 fully saturated rings. The Balaban J connectivity index is 2.12. The van der Waals surface area contributed by atoms with Gasteiger partial charge in [-0.05, 0) is 36.4 Å². The molecule has 2 N–H and O–H groups in total. The third-order valence-corrected chi connectivity index (χ3v) is 2.66. The van der Waals surface area contributed by atoms with Gasteiger partial charge < -0.3 is 19.5 Å². The Morgan fingerprint density at radius 2 is 2.06 bits per heavy atom. The average molecular weight is 222 g/mol. The molecule has 0 atom stereocenters. The van der Waals surface area contributed by atoms with E-state index in [1.807, 2.05) is 0 Å². The van der Waals surface area contributed by atoms with E-state index in [9.17, 15) is 0 Å². The molecule has 4 nitrogen and oxygen atoms in total. The first-order valence-electron chi connectivity index (χ1n) is 5.37. The Kier molecular flexibility index (Phi) is 3.36. The van der Waals surface area contributed by atoms with Gasteiger partial charge in [0.2, 0.25) is 0 Å². The fourth-order valence-corrected chi connectivity index (χ4v) is 1.46. The number of benzene rings is 1. The smallest absolute Gasteiger partial charge is 0.488 e. The maximum Gasteiger partial charge on any atom is 0.488 e. The quantitative estimate of drug-likeness (QED) is 0.697. The maximum absolute atomic E-state index is 9.06. The summed E-state index contributed by atoms with van der Waals surface area (Å²) in [6, 6.07) is 4.89. The van der Waals surface area contributed by atoms with E-state index in [4.69, 9.17) is 19.5 Å². The van der Waals surface area contributed by atoms with Crippen LogP contribution in [-0.4, -0.2) is 30.9 Å². The molecule has 1 aliphatic carbocycles. The van der Waals surface area contributed by atoms with Crippen LogP contribution in [0.5, 0.6) is 11.5 Å². The van der Waals surface area contributed by atoms with Crippen molar-refractivity contribution in [2.24, 2.45) is 5.92 Å². The van der Waals surface area contributed by atoms with Gasteiger partial charge in [0.05, 0.1) is 13.7 Å². The second kappa shape index (κ2) is 4.76. The van der Waals surface area contributed by atoms with Gasteiger partial charge in [-0.1, -0.05) is 6.07 Å². The standard InChI is InChI=1S/C11H15BO4/c1-15-10-5-4-9(12(13)14)6-11(10)16-7-8-2-3-8/h4-6,8,13-14H,2-3,7H2,1H3. The van der Waals surface area contributed by atoms with Crippen LogP contribution < -0.4 is 14.9 Å². The topological polar surface area (TPSA) is 58.9 Å². The molecule has 86 valence electrons. The van der Waals surface area contributed by atoms with Crippen LogP contribution in [0, 0.1) is 5.92 Å². The Labute approximate surface area is 95.0 Å². The van der Waals surface area contributed by atoms with Gasteiger partial charge >= 0.3 is 7.12 Å². The van der Waals surface area contributed by atoms with Gasteiger partial charge in [0.15, 0.2) is 11.5 Å². The number of hydrogen-bond donors (Lipinski definition) is 2. The zero-order valence-electron chi connectivity index (χ0n) is 9.22. The Morgan fingerprint density at radius 3 is 2.62 bits per heavy atom. The normalized spacial score (nSPS) is 14.7. The highest BCUT2D eigenvalue weighted by Gasteiger charge is 2.23. The van der Waals surface area contributed by atoms with Crippen molar-refractivity contribution < 1.29 is 19.5 Å². The van der Waals surface area contributed by atoms with E-state index in [1.165, 1.54) is 12.8 Å². The monoisotopic (exact) mass is 222 g/mol. The molecule has 1 saturated carbocycles. The van der Waals surface area contributed by atoms with Crippen LogP contribution in [0.4, 0.5) is 0 Å². The van der Waals surface area contributed by atoms with Gasteiger partial charge in [-0.25, -0.2) is 0 Å². The van der Waals surface area contributed by atoms with E-state index in [0.29, 0.717) is 29.5 Å². The molecule has 0 aliphatic heterocycles. The molecule has 0 aromatic heterocycles. The van der Waals surface area contributed by atoms with Crippen molar-refractivity contribution in [2.45, 2.75) is 12.8 Å². The van der Waals surface area contributed by atoms with E-state index >= 15 is 0 Å². The molecule has 5 heteroatoms. The summed E-state index contributed by atoms with van der Waals surface area (Å²) in [6.45, 7) is 0.668. The lowest BCUT2D eigenvalue weighted by Crippen LogP contribution is -2.29. The van der Waals surface area contributed by atoms with E-state index in [2.05, 4.69) is 0 Å². The summed E-state index contributed by atoms with van der Waals surface area (Å²) in [5, 5.41) is 18.1. The predicted octanol–water partition coefficient (Wildman–Crippen LogP) is 0.164. The molecular weight excluding hydrogens is 207 g/mol. The number of methoxy groups -OCH3 is 1. The second-order valence-corrected chi connectivity index (χ2v) is 4.04. The lowest BCUT2D eigenvalue weighted by molar-refractivity contribution is 0.280. The summed E-state index contributed by atoms with van der Waals surface area (Å²) in [4.78, 5) is 0. The fourth-order valence-electron chi connectivity index (χ4n) is 1.46. The molecule has 0 heterocycles. The molecule has 0 spiro atoms. The number of ether oxygens (including phenoxy) is 2. The summed E-state index contributed by atoms with van der Waals surface area (Å²) in [6.07, 6.45) is 2.43. The van der Waals surface area contributed by atoms with Gasteiger partial charge in [-0.3, -0.25) is 0 Å². The molecule has 0 saturated heterocycles. The van der Waals surface area contributed by atoms with Gasteiger partial charge in [0.1, 0.15) is 0 Å². The third-order valence-electron chi connectivity index (χ3n) is 2.66. The first-order chi connectivity index (χ1) is 7.70. The third kappa shape index (κ3) is 2.68. The van der Waals surface area contributed by atoms with Crippen LogP contribution in [0.25, 0.3) is 0 Å². The van der Waals surface area contributed by atoms with E-state index in [-0.39, 0.29) is 0 Å². The molecule has 0 radical (unpaired) electrons. The molecular formula is C11H15BO4. The van der Waals surface area contributed by atoms with Crippen LogP contribution in [0.2, 0.25) is 0 Å². The van der Waals surface area contributed by atoms with Crippen molar-refractivity contribution >= 4 is 12.6 Å². The van der Waals surface area contributed by atoms with Crippen LogP contribution >= 0.6 is 0 Å². The molecule has 0 amide bonds. The zero-order chi connectivity index (χ0) is 11.5. The molecule has 1 aromatic carbocycles. The van der Waals surface area contributed by atoms with Crippen molar-refractivity contribution in [1.29, 1.82) is 0 Å². The van der Waals surface area contributed by atoms with Gasteiger partial charge in [-0.2, -0.15) is 0 Å². The molecule has 2 rings (SSSR count). The SMILES string of the molecule is COc1ccc(B(O)O)cc1OCC1CC1. The van der Waals surface area contributed by atoms with E-state index < -0.39 is 7.12 Å². The minimum Gasteiger partial charge on any atom is -0.493 e. The van der Waals surface area contributed by atoms with Crippen LogP contribution in [0.1, 0.15) is 12.8 Å². The summed E-state index contributed by atoms with van der Waals surface area (Å²) < 4.78 is 10.7. The summed E-state index contributed by atoms with van der Waals surface area (Å²) in [5.41, 5.74) is 0.409. The van der Waals surface area contributed by atoms with Crippen LogP contribution in [-0.2, 0) is 0 Å². The zero-order valence-corrected chi connectivity index (χ0v) is 9.22. The van der Waals surface area contributed by atoms with Gasteiger partial charge in [-0.15, -0.1) is 0 Å². The summed E-state index contributed by atoms with van der Waals surface area (Å²) >= 11 is 0. The predicted molar refractivity (Wildman–Crippen MR) is 61.0 cm³/mol. The number of hydrogen-bond acceptors (Lipinski definition) is 4.